The van der Waals surface area contributed by atoms with Crippen LogP contribution >= 0.6 is 0 Å². The molecule has 0 aliphatic heterocycles. The third-order valence-corrected chi connectivity index (χ3v) is 15.3. The van der Waals surface area contributed by atoms with E-state index in [2.05, 4.69) is 290 Å². The number of hydrogen-bond donors (Lipinski definition) is 0. The topological polar surface area (TPSA) is 3.24 Å². The summed E-state index contributed by atoms with van der Waals surface area (Å²) in [6, 6.07) is 105. The number of nitrogens with zero attached hydrogens (tertiary/aromatic N) is 1. The summed E-state index contributed by atoms with van der Waals surface area (Å²) < 4.78 is 0. The Morgan fingerprint density at radius 2 is 0.365 bits per heavy atom. The first-order valence-electron chi connectivity index (χ1n) is 25.7. The van der Waals surface area contributed by atoms with E-state index < -0.39 is 0 Å². The van der Waals surface area contributed by atoms with E-state index in [1.54, 1.807) is 0 Å². The largest absolute Gasteiger partial charge is 0.337 e. The van der Waals surface area contributed by atoms with Crippen LogP contribution in [-0.2, 0) is 6.54 Å². The second-order valence-electron chi connectivity index (χ2n) is 19.4. The third-order valence-electron chi connectivity index (χ3n) is 15.3. The third kappa shape index (κ3) is 7.24. The van der Waals surface area contributed by atoms with Gasteiger partial charge in [0, 0.05) is 17.9 Å². The average molecular weight is 940 g/mol. The number of rotatable bonds is 9. The van der Waals surface area contributed by atoms with E-state index in [4.69, 9.17) is 0 Å². The van der Waals surface area contributed by atoms with Crippen LogP contribution in [0.3, 0.4) is 0 Å². The van der Waals surface area contributed by atoms with E-state index in [1.165, 1.54) is 126 Å². The average Bonchev–Trinajstić information content (AvgIpc) is 3.48. The Labute approximate surface area is 431 Å². The van der Waals surface area contributed by atoms with Gasteiger partial charge in [0.2, 0.25) is 0 Å². The molecular formula is C73H49N. The fraction of sp³-hybridized carbons (Fsp3) is 0.0137. The molecule has 346 valence electrons. The highest BCUT2D eigenvalue weighted by molar-refractivity contribution is 6.23. The van der Waals surface area contributed by atoms with Crippen LogP contribution in [0.5, 0.6) is 0 Å². The first-order valence-corrected chi connectivity index (χ1v) is 25.7. The maximum Gasteiger partial charge on any atom is 0.0494 e. The Kier molecular flexibility index (Phi) is 10.7. The van der Waals surface area contributed by atoms with Crippen molar-refractivity contribution in [3.05, 3.63) is 291 Å². The van der Waals surface area contributed by atoms with Gasteiger partial charge in [-0.25, -0.2) is 0 Å². The first-order chi connectivity index (χ1) is 36.8. The monoisotopic (exact) mass is 939 g/mol. The fourth-order valence-corrected chi connectivity index (χ4v) is 12.1. The van der Waals surface area contributed by atoms with Crippen LogP contribution < -0.4 is 4.90 Å². The number of benzene rings is 14. The summed E-state index contributed by atoms with van der Waals surface area (Å²) in [5.41, 5.74) is 15.9. The summed E-state index contributed by atoms with van der Waals surface area (Å²) in [7, 11) is 0. The van der Waals surface area contributed by atoms with E-state index in [1.807, 2.05) is 0 Å². The molecule has 1 nitrogen and oxygen atoms in total. The summed E-state index contributed by atoms with van der Waals surface area (Å²) in [6.45, 7) is 0.657. The zero-order valence-electron chi connectivity index (χ0n) is 40.8. The van der Waals surface area contributed by atoms with Crippen molar-refractivity contribution in [1.29, 1.82) is 0 Å². The first kappa shape index (κ1) is 43.2. The molecule has 0 aromatic heterocycles. The van der Waals surface area contributed by atoms with Gasteiger partial charge in [0.1, 0.15) is 0 Å². The summed E-state index contributed by atoms with van der Waals surface area (Å²) in [6.07, 6.45) is 0. The van der Waals surface area contributed by atoms with E-state index >= 15 is 0 Å². The van der Waals surface area contributed by atoms with Gasteiger partial charge < -0.3 is 4.90 Å². The summed E-state index contributed by atoms with van der Waals surface area (Å²) in [4.78, 5) is 2.52. The maximum absolute atomic E-state index is 2.52. The van der Waals surface area contributed by atoms with Crippen molar-refractivity contribution in [3.8, 4) is 55.6 Å². The zero-order chi connectivity index (χ0) is 49.0. The molecule has 0 bridgehead atoms. The van der Waals surface area contributed by atoms with Crippen molar-refractivity contribution >= 4 is 76.0 Å². The van der Waals surface area contributed by atoms with Crippen LogP contribution in [-0.4, -0.2) is 0 Å². The molecule has 0 radical (unpaired) electrons. The molecule has 0 saturated heterocycles. The lowest BCUT2D eigenvalue weighted by atomic mass is 9.86. The molecule has 14 aromatic rings. The second kappa shape index (κ2) is 18.2. The van der Waals surface area contributed by atoms with Crippen LogP contribution in [0.15, 0.2) is 285 Å². The van der Waals surface area contributed by atoms with Crippen molar-refractivity contribution in [1.82, 2.24) is 0 Å². The van der Waals surface area contributed by atoms with E-state index in [0.29, 0.717) is 6.54 Å². The summed E-state index contributed by atoms with van der Waals surface area (Å²) >= 11 is 0. The van der Waals surface area contributed by atoms with Crippen molar-refractivity contribution in [2.24, 2.45) is 0 Å². The SMILES string of the molecule is c1ccc(-c2c3ccccc3c(CN(c3ccc(-c4c5ccccc5c(-c5ccccc5)c5ccccc45)cc3)c3ccc(-c4c5ccccc5c(-c5ccccc5)c5ccccc45)cc3)c3ccccc23)cc1. The molecule has 0 unspecified atom stereocenters. The quantitative estimate of drug-likeness (QED) is 0.130. The highest BCUT2D eigenvalue weighted by atomic mass is 15.1. The number of hydrogen-bond acceptors (Lipinski definition) is 1. The molecule has 0 amide bonds. The Hall–Kier alpha value is -9.56. The van der Waals surface area contributed by atoms with Gasteiger partial charge in [0.15, 0.2) is 0 Å². The smallest absolute Gasteiger partial charge is 0.0494 e. The Bertz CT molecular complexity index is 4030. The molecular weight excluding hydrogens is 891 g/mol. The second-order valence-corrected chi connectivity index (χ2v) is 19.4. The normalized spacial score (nSPS) is 11.6. The number of anilines is 2. The standard InChI is InChI=1S/C73H49N/c1-4-22-49(23-5-1)69-58-30-12-10-28-56(58)68(57-29-11-13-31-59(57)69)48-74(54-44-40-52(41-45-54)72-64-36-18-14-32-60(64)70(50-24-6-2-7-25-50)61-33-15-19-37-65(61)72)55-46-42-53(43-47-55)73-66-38-20-16-34-62(66)71(51-26-8-3-9-27-51)63-35-17-21-39-67(63)73/h1-47H,48H2. The zero-order valence-corrected chi connectivity index (χ0v) is 40.8. The molecule has 0 heterocycles. The van der Waals surface area contributed by atoms with Gasteiger partial charge in [0.25, 0.3) is 0 Å². The molecule has 14 aromatic carbocycles. The lowest BCUT2D eigenvalue weighted by molar-refractivity contribution is 0.993. The van der Waals surface area contributed by atoms with Crippen LogP contribution in [0.2, 0.25) is 0 Å². The molecule has 0 atom stereocenters. The van der Waals surface area contributed by atoms with Crippen LogP contribution in [0, 0.1) is 0 Å². The maximum atomic E-state index is 2.52. The van der Waals surface area contributed by atoms with Gasteiger partial charge in [-0.1, -0.05) is 261 Å². The molecule has 14 rings (SSSR count). The van der Waals surface area contributed by atoms with Crippen molar-refractivity contribution < 1.29 is 0 Å². The Morgan fingerprint density at radius 1 is 0.176 bits per heavy atom. The highest BCUT2D eigenvalue weighted by Gasteiger charge is 2.22. The van der Waals surface area contributed by atoms with Gasteiger partial charge >= 0.3 is 0 Å². The van der Waals surface area contributed by atoms with Crippen LogP contribution in [0.1, 0.15) is 5.56 Å². The van der Waals surface area contributed by atoms with Gasteiger partial charge in [0.05, 0.1) is 0 Å². The van der Waals surface area contributed by atoms with E-state index in [0.717, 1.165) is 11.4 Å². The predicted molar refractivity (Wildman–Crippen MR) is 317 cm³/mol. The molecule has 74 heavy (non-hydrogen) atoms. The molecule has 0 spiro atoms. The molecule has 0 aliphatic rings. The van der Waals surface area contributed by atoms with E-state index in [-0.39, 0.29) is 0 Å². The molecule has 0 N–H and O–H groups in total. The number of fused-ring (bicyclic) bond motifs is 6. The summed E-state index contributed by atoms with van der Waals surface area (Å²) in [5.74, 6) is 0. The minimum Gasteiger partial charge on any atom is -0.337 e. The lowest BCUT2D eigenvalue weighted by Crippen LogP contribution is -2.17. The summed E-state index contributed by atoms with van der Waals surface area (Å²) in [5, 5.41) is 15.1. The van der Waals surface area contributed by atoms with Crippen molar-refractivity contribution in [2.45, 2.75) is 6.54 Å². The van der Waals surface area contributed by atoms with Crippen molar-refractivity contribution in [2.75, 3.05) is 4.90 Å². The van der Waals surface area contributed by atoms with Gasteiger partial charge in [-0.05, 0) is 150 Å². The Morgan fingerprint density at radius 3 is 0.608 bits per heavy atom. The van der Waals surface area contributed by atoms with Crippen LogP contribution in [0.4, 0.5) is 11.4 Å². The fourth-order valence-electron chi connectivity index (χ4n) is 12.1. The molecule has 0 saturated carbocycles. The molecule has 1 heteroatoms. The molecule has 0 aliphatic carbocycles. The highest BCUT2D eigenvalue weighted by Crippen LogP contribution is 2.47. The van der Waals surface area contributed by atoms with Crippen LogP contribution in [0.25, 0.3) is 120 Å². The van der Waals surface area contributed by atoms with E-state index in [9.17, 15) is 0 Å². The lowest BCUT2D eigenvalue weighted by Gasteiger charge is -2.28. The minimum absolute atomic E-state index is 0.657. The van der Waals surface area contributed by atoms with Gasteiger partial charge in [-0.3, -0.25) is 0 Å². The predicted octanol–water partition coefficient (Wildman–Crippen LogP) is 20.3. The molecule has 0 fully saturated rings. The minimum atomic E-state index is 0.657. The van der Waals surface area contributed by atoms with Gasteiger partial charge in [-0.15, -0.1) is 0 Å². The van der Waals surface area contributed by atoms with Gasteiger partial charge in [-0.2, -0.15) is 0 Å². The van der Waals surface area contributed by atoms with Crippen molar-refractivity contribution in [3.63, 3.8) is 0 Å². The Balaban J connectivity index is 0.955.